The second-order valence-corrected chi connectivity index (χ2v) is 6.19. The second kappa shape index (κ2) is 6.41. The van der Waals surface area contributed by atoms with Gasteiger partial charge in [-0.3, -0.25) is 4.79 Å². The number of carbonyl (C=O) groups excluding carboxylic acids is 1. The highest BCUT2D eigenvalue weighted by molar-refractivity contribution is 7.13. The number of hydrogen-bond acceptors (Lipinski definition) is 5. The fourth-order valence-corrected chi connectivity index (χ4v) is 3.37. The fourth-order valence-electron chi connectivity index (χ4n) is 2.69. The topological polar surface area (TPSA) is 66.6 Å². The summed E-state index contributed by atoms with van der Waals surface area (Å²) in [5, 5.41) is 15.4. The first kappa shape index (κ1) is 14.3. The van der Waals surface area contributed by atoms with Crippen molar-refractivity contribution < 1.29 is 14.4 Å². The van der Waals surface area contributed by atoms with Gasteiger partial charge >= 0.3 is 0 Å². The van der Waals surface area contributed by atoms with Crippen molar-refractivity contribution in [2.75, 3.05) is 13.2 Å². The van der Waals surface area contributed by atoms with Crippen molar-refractivity contribution in [2.45, 2.75) is 31.7 Å². The van der Waals surface area contributed by atoms with Crippen LogP contribution >= 0.6 is 11.3 Å². The lowest BCUT2D eigenvalue weighted by Crippen LogP contribution is -2.42. The van der Waals surface area contributed by atoms with Gasteiger partial charge in [0, 0.05) is 12.6 Å². The van der Waals surface area contributed by atoms with Crippen molar-refractivity contribution in [3.05, 3.63) is 29.3 Å². The molecule has 1 aliphatic rings. The number of aromatic nitrogens is 1. The van der Waals surface area contributed by atoms with Crippen molar-refractivity contribution >= 4 is 17.2 Å². The van der Waals surface area contributed by atoms with E-state index < -0.39 is 0 Å². The maximum atomic E-state index is 12.6. The third-order valence-corrected chi connectivity index (χ3v) is 4.73. The minimum Gasteiger partial charge on any atom is -0.394 e. The Morgan fingerprint density at radius 1 is 1.48 bits per heavy atom. The summed E-state index contributed by atoms with van der Waals surface area (Å²) in [6, 6.07) is 5.44. The number of aliphatic hydroxyl groups excluding tert-OH is 1. The molecule has 1 unspecified atom stereocenters. The zero-order valence-electron chi connectivity index (χ0n) is 11.7. The van der Waals surface area contributed by atoms with E-state index in [2.05, 4.69) is 5.16 Å². The Morgan fingerprint density at radius 3 is 3.14 bits per heavy atom. The molecule has 3 heterocycles. The molecular formula is C15H18N2O3S. The van der Waals surface area contributed by atoms with Crippen LogP contribution in [0.5, 0.6) is 0 Å². The van der Waals surface area contributed by atoms with Gasteiger partial charge in [0.05, 0.1) is 17.5 Å². The van der Waals surface area contributed by atoms with Crippen molar-refractivity contribution in [1.29, 1.82) is 0 Å². The number of aliphatic hydroxyl groups is 1. The van der Waals surface area contributed by atoms with Gasteiger partial charge in [0.15, 0.2) is 11.5 Å². The Hall–Kier alpha value is -1.66. The normalized spacial score (nSPS) is 19.5. The summed E-state index contributed by atoms with van der Waals surface area (Å²) in [7, 11) is 0. The summed E-state index contributed by atoms with van der Waals surface area (Å²) in [4.78, 5) is 15.3. The summed E-state index contributed by atoms with van der Waals surface area (Å²) in [5.41, 5.74) is 0.318. The van der Waals surface area contributed by atoms with Crippen LogP contribution in [0.4, 0.5) is 0 Å². The molecular weight excluding hydrogens is 288 g/mol. The molecule has 0 aliphatic carbocycles. The van der Waals surface area contributed by atoms with Crippen LogP contribution in [0.15, 0.2) is 28.1 Å². The molecule has 1 amide bonds. The van der Waals surface area contributed by atoms with Gasteiger partial charge in [-0.1, -0.05) is 24.1 Å². The number of carbonyl (C=O) groups is 1. The Labute approximate surface area is 127 Å². The number of nitrogens with zero attached hydrogens (tertiary/aromatic N) is 2. The molecule has 1 aliphatic heterocycles. The molecule has 2 aromatic rings. The molecule has 1 N–H and O–H groups in total. The van der Waals surface area contributed by atoms with Gasteiger partial charge in [-0.25, -0.2) is 0 Å². The van der Waals surface area contributed by atoms with E-state index in [0.717, 1.165) is 30.6 Å². The van der Waals surface area contributed by atoms with Crippen LogP contribution < -0.4 is 0 Å². The van der Waals surface area contributed by atoms with Crippen LogP contribution in [0.3, 0.4) is 0 Å². The zero-order valence-corrected chi connectivity index (χ0v) is 12.5. The molecule has 1 saturated heterocycles. The zero-order chi connectivity index (χ0) is 14.7. The van der Waals surface area contributed by atoms with E-state index in [1.165, 1.54) is 0 Å². The van der Waals surface area contributed by atoms with Crippen LogP contribution in [-0.4, -0.2) is 40.3 Å². The predicted molar refractivity (Wildman–Crippen MR) is 80.2 cm³/mol. The molecule has 2 aromatic heterocycles. The average Bonchev–Trinajstić information content (AvgIpc) is 3.13. The van der Waals surface area contributed by atoms with Gasteiger partial charge in [-0.15, -0.1) is 11.3 Å². The molecule has 112 valence electrons. The first-order chi connectivity index (χ1) is 10.3. The number of rotatable bonds is 3. The standard InChI is InChI=1S/C15H18N2O3S/c18-10-11-5-2-1-3-7-17(11)15(19)12-9-13(20-16-12)14-6-4-8-21-14/h4,6,8-9,11,18H,1-3,5,7,10H2. The van der Waals surface area contributed by atoms with Crippen molar-refractivity contribution in [1.82, 2.24) is 10.1 Å². The van der Waals surface area contributed by atoms with Crippen molar-refractivity contribution in [3.63, 3.8) is 0 Å². The van der Waals surface area contributed by atoms with E-state index in [1.807, 2.05) is 17.5 Å². The van der Waals surface area contributed by atoms with E-state index in [1.54, 1.807) is 22.3 Å². The highest BCUT2D eigenvalue weighted by Crippen LogP contribution is 2.26. The molecule has 1 atom stereocenters. The van der Waals surface area contributed by atoms with Crippen LogP contribution in [0, 0.1) is 0 Å². The monoisotopic (exact) mass is 306 g/mol. The summed E-state index contributed by atoms with van der Waals surface area (Å²) in [6.07, 6.45) is 3.96. The average molecular weight is 306 g/mol. The summed E-state index contributed by atoms with van der Waals surface area (Å²) in [6.45, 7) is 0.673. The second-order valence-electron chi connectivity index (χ2n) is 5.24. The van der Waals surface area contributed by atoms with E-state index >= 15 is 0 Å². The van der Waals surface area contributed by atoms with Gasteiger partial charge in [-0.2, -0.15) is 0 Å². The molecule has 21 heavy (non-hydrogen) atoms. The minimum atomic E-state index is -0.150. The van der Waals surface area contributed by atoms with Gasteiger partial charge in [-0.05, 0) is 24.3 Å². The maximum Gasteiger partial charge on any atom is 0.276 e. The smallest absolute Gasteiger partial charge is 0.276 e. The van der Waals surface area contributed by atoms with Crippen molar-refractivity contribution in [3.8, 4) is 10.6 Å². The minimum absolute atomic E-state index is 0.00136. The quantitative estimate of drug-likeness (QED) is 0.947. The predicted octanol–water partition coefficient (Wildman–Crippen LogP) is 2.78. The number of likely N-dealkylation sites (tertiary alicyclic amines) is 1. The van der Waals surface area contributed by atoms with E-state index in [4.69, 9.17) is 4.52 Å². The highest BCUT2D eigenvalue weighted by atomic mass is 32.1. The Balaban J connectivity index is 1.80. The maximum absolute atomic E-state index is 12.6. The SMILES string of the molecule is O=C(c1cc(-c2cccs2)on1)N1CCCCCC1CO. The van der Waals surface area contributed by atoms with Gasteiger partial charge < -0.3 is 14.5 Å². The number of thiophene rings is 1. The Morgan fingerprint density at radius 2 is 2.38 bits per heavy atom. The van der Waals surface area contributed by atoms with Crippen LogP contribution in [-0.2, 0) is 0 Å². The molecule has 0 bridgehead atoms. The van der Waals surface area contributed by atoms with E-state index in [0.29, 0.717) is 18.0 Å². The first-order valence-corrected chi connectivity index (χ1v) is 8.10. The summed E-state index contributed by atoms with van der Waals surface area (Å²) >= 11 is 1.55. The summed E-state index contributed by atoms with van der Waals surface area (Å²) in [5.74, 6) is 0.464. The molecule has 5 nitrogen and oxygen atoms in total. The largest absolute Gasteiger partial charge is 0.394 e. The molecule has 6 heteroatoms. The third-order valence-electron chi connectivity index (χ3n) is 3.84. The molecule has 1 fully saturated rings. The number of hydrogen-bond donors (Lipinski definition) is 1. The lowest BCUT2D eigenvalue weighted by molar-refractivity contribution is 0.0589. The van der Waals surface area contributed by atoms with Crippen molar-refractivity contribution in [2.24, 2.45) is 0 Å². The fraction of sp³-hybridized carbons (Fsp3) is 0.467. The molecule has 3 rings (SSSR count). The Kier molecular flexibility index (Phi) is 4.36. The van der Waals surface area contributed by atoms with E-state index in [-0.39, 0.29) is 18.6 Å². The lowest BCUT2D eigenvalue weighted by atomic mass is 10.1. The molecule has 0 radical (unpaired) electrons. The van der Waals surface area contributed by atoms with Gasteiger partial charge in [0.2, 0.25) is 0 Å². The van der Waals surface area contributed by atoms with Crippen LogP contribution in [0.25, 0.3) is 10.6 Å². The number of amides is 1. The van der Waals surface area contributed by atoms with E-state index in [9.17, 15) is 9.90 Å². The van der Waals surface area contributed by atoms with Crippen LogP contribution in [0.1, 0.15) is 36.2 Å². The van der Waals surface area contributed by atoms with Gasteiger partial charge in [0.1, 0.15) is 0 Å². The highest BCUT2D eigenvalue weighted by Gasteiger charge is 2.28. The first-order valence-electron chi connectivity index (χ1n) is 7.22. The Bertz CT molecular complexity index is 594. The van der Waals surface area contributed by atoms with Gasteiger partial charge in [0.25, 0.3) is 5.91 Å². The summed E-state index contributed by atoms with van der Waals surface area (Å²) < 4.78 is 5.27. The molecule has 0 saturated carbocycles. The molecule has 0 aromatic carbocycles. The van der Waals surface area contributed by atoms with Crippen LogP contribution in [0.2, 0.25) is 0 Å². The third kappa shape index (κ3) is 3.01. The molecule has 0 spiro atoms. The lowest BCUT2D eigenvalue weighted by Gasteiger charge is -2.27.